The third kappa shape index (κ3) is 6.95. The molecule has 0 atom stereocenters. The van der Waals surface area contributed by atoms with E-state index in [0.29, 0.717) is 18.0 Å². The molecule has 0 fully saturated rings. The van der Waals surface area contributed by atoms with Crippen LogP contribution in [0.3, 0.4) is 0 Å². The van der Waals surface area contributed by atoms with Crippen molar-refractivity contribution < 1.29 is 27.8 Å². The van der Waals surface area contributed by atoms with Crippen molar-refractivity contribution in [2.45, 2.75) is 19.6 Å². The standard InChI is InChI=1S/C24H19N3O.C2HF3O2/c1-18-4-2-3-5-23(18)21-10-12-22(13-11-21)28-24-15-26-17-27(24)16-20-8-6-19(14-25)7-9-20;3-2(4,5)1(6)7/h2-13,15,17H,16H2,1H3;(H,6,7). The Balaban J connectivity index is 0.000000429. The highest BCUT2D eigenvalue weighted by Gasteiger charge is 2.38. The maximum atomic E-state index is 10.6. The van der Waals surface area contributed by atoms with Crippen LogP contribution in [0.25, 0.3) is 11.1 Å². The molecule has 1 aromatic heterocycles. The van der Waals surface area contributed by atoms with Gasteiger partial charge in [-0.05, 0) is 53.4 Å². The first kappa shape index (κ1) is 25.1. The fraction of sp³-hybridized carbons (Fsp3) is 0.115. The molecule has 0 aliphatic rings. The van der Waals surface area contributed by atoms with Crippen molar-refractivity contribution in [2.75, 3.05) is 0 Å². The van der Waals surface area contributed by atoms with Crippen LogP contribution in [-0.4, -0.2) is 26.8 Å². The molecule has 0 saturated carbocycles. The molecule has 9 heteroatoms. The van der Waals surface area contributed by atoms with E-state index >= 15 is 0 Å². The number of halogens is 3. The molecule has 1 N–H and O–H groups in total. The molecule has 178 valence electrons. The van der Waals surface area contributed by atoms with Crippen LogP contribution >= 0.6 is 0 Å². The van der Waals surface area contributed by atoms with Gasteiger partial charge in [-0.3, -0.25) is 4.57 Å². The molecule has 0 saturated heterocycles. The zero-order valence-electron chi connectivity index (χ0n) is 18.5. The average molecular weight is 479 g/mol. The van der Waals surface area contributed by atoms with Crippen LogP contribution < -0.4 is 4.74 Å². The number of ether oxygens (including phenoxy) is 1. The van der Waals surface area contributed by atoms with Gasteiger partial charge >= 0.3 is 12.1 Å². The number of aryl methyl sites for hydroxylation is 1. The molecular weight excluding hydrogens is 459 g/mol. The van der Waals surface area contributed by atoms with E-state index < -0.39 is 12.1 Å². The maximum absolute atomic E-state index is 10.6. The average Bonchev–Trinajstić information content (AvgIpc) is 3.26. The number of rotatable bonds is 5. The summed E-state index contributed by atoms with van der Waals surface area (Å²) in [5.41, 5.74) is 5.37. The van der Waals surface area contributed by atoms with E-state index in [9.17, 15) is 13.2 Å². The summed E-state index contributed by atoms with van der Waals surface area (Å²) < 4.78 is 39.7. The SMILES string of the molecule is Cc1ccccc1-c1ccc(Oc2cncn2Cc2ccc(C#N)cc2)cc1.O=C(O)C(F)(F)F. The molecule has 0 aliphatic heterocycles. The Morgan fingerprint density at radius 2 is 1.69 bits per heavy atom. The quantitative estimate of drug-likeness (QED) is 0.368. The fourth-order valence-electron chi connectivity index (χ4n) is 3.11. The van der Waals surface area contributed by atoms with E-state index in [1.165, 1.54) is 11.1 Å². The van der Waals surface area contributed by atoms with Crippen molar-refractivity contribution in [3.05, 3.63) is 102 Å². The second-order valence-electron chi connectivity index (χ2n) is 7.41. The topological polar surface area (TPSA) is 88.1 Å². The van der Waals surface area contributed by atoms with E-state index in [-0.39, 0.29) is 0 Å². The minimum absolute atomic E-state index is 0.627. The number of alkyl halides is 3. The van der Waals surface area contributed by atoms with Gasteiger partial charge in [0.1, 0.15) is 5.75 Å². The van der Waals surface area contributed by atoms with Crippen molar-refractivity contribution in [1.82, 2.24) is 9.55 Å². The molecule has 0 amide bonds. The number of carboxylic acids is 1. The maximum Gasteiger partial charge on any atom is 0.490 e. The number of hydrogen-bond acceptors (Lipinski definition) is 4. The van der Waals surface area contributed by atoms with Crippen LogP contribution in [0.4, 0.5) is 13.2 Å². The van der Waals surface area contributed by atoms with Gasteiger partial charge in [0.2, 0.25) is 5.88 Å². The van der Waals surface area contributed by atoms with Gasteiger partial charge < -0.3 is 9.84 Å². The molecular formula is C26H20F3N3O3. The summed E-state index contributed by atoms with van der Waals surface area (Å²) in [6.45, 7) is 2.74. The number of nitriles is 1. The van der Waals surface area contributed by atoms with Gasteiger partial charge in [-0.25, -0.2) is 9.78 Å². The van der Waals surface area contributed by atoms with Crippen LogP contribution in [-0.2, 0) is 11.3 Å². The molecule has 6 nitrogen and oxygen atoms in total. The number of benzene rings is 3. The van der Waals surface area contributed by atoms with Gasteiger partial charge in [-0.15, -0.1) is 0 Å². The lowest BCUT2D eigenvalue weighted by Crippen LogP contribution is -2.21. The minimum Gasteiger partial charge on any atom is -0.475 e. The predicted octanol–water partition coefficient (Wildman–Crippen LogP) is 6.20. The fourth-order valence-corrected chi connectivity index (χ4v) is 3.11. The van der Waals surface area contributed by atoms with Crippen LogP contribution in [0.1, 0.15) is 16.7 Å². The first-order chi connectivity index (χ1) is 16.7. The van der Waals surface area contributed by atoms with Gasteiger partial charge in [0.15, 0.2) is 0 Å². The first-order valence-electron chi connectivity index (χ1n) is 10.3. The molecule has 35 heavy (non-hydrogen) atoms. The molecule has 0 aliphatic carbocycles. The van der Waals surface area contributed by atoms with Crippen molar-refractivity contribution in [3.8, 4) is 28.8 Å². The lowest BCUT2D eigenvalue weighted by molar-refractivity contribution is -0.192. The molecule has 1 heterocycles. The summed E-state index contributed by atoms with van der Waals surface area (Å²) in [6, 6.07) is 26.1. The molecule has 0 radical (unpaired) electrons. The molecule has 0 bridgehead atoms. The minimum atomic E-state index is -5.08. The Morgan fingerprint density at radius 1 is 1.06 bits per heavy atom. The van der Waals surface area contributed by atoms with Crippen molar-refractivity contribution >= 4 is 5.97 Å². The van der Waals surface area contributed by atoms with E-state index in [0.717, 1.165) is 16.9 Å². The predicted molar refractivity (Wildman–Crippen MR) is 123 cm³/mol. The summed E-state index contributed by atoms with van der Waals surface area (Å²) in [7, 11) is 0. The number of carbonyl (C=O) groups is 1. The van der Waals surface area contributed by atoms with E-state index in [2.05, 4.69) is 48.3 Å². The van der Waals surface area contributed by atoms with Crippen LogP contribution in [0.15, 0.2) is 85.3 Å². The van der Waals surface area contributed by atoms with Crippen molar-refractivity contribution in [3.63, 3.8) is 0 Å². The summed E-state index contributed by atoms with van der Waals surface area (Å²) in [5.74, 6) is -1.32. The number of aromatic nitrogens is 2. The molecule has 3 aromatic carbocycles. The molecule has 0 spiro atoms. The Morgan fingerprint density at radius 3 is 2.26 bits per heavy atom. The molecule has 0 unspecified atom stereocenters. The van der Waals surface area contributed by atoms with Gasteiger partial charge in [-0.1, -0.05) is 48.5 Å². The van der Waals surface area contributed by atoms with Gasteiger partial charge in [0.25, 0.3) is 0 Å². The van der Waals surface area contributed by atoms with Gasteiger partial charge in [0, 0.05) is 0 Å². The van der Waals surface area contributed by atoms with Gasteiger partial charge in [-0.2, -0.15) is 18.4 Å². The Kier molecular flexibility index (Phi) is 7.89. The van der Waals surface area contributed by atoms with Crippen LogP contribution in [0, 0.1) is 18.3 Å². The van der Waals surface area contributed by atoms with Crippen molar-refractivity contribution in [1.29, 1.82) is 5.26 Å². The highest BCUT2D eigenvalue weighted by atomic mass is 19.4. The van der Waals surface area contributed by atoms with Crippen LogP contribution in [0.5, 0.6) is 11.6 Å². The largest absolute Gasteiger partial charge is 0.490 e. The van der Waals surface area contributed by atoms with Crippen LogP contribution in [0.2, 0.25) is 0 Å². The Hall–Kier alpha value is -4.58. The second kappa shape index (κ2) is 11.0. The number of aliphatic carboxylic acids is 1. The first-order valence-corrected chi connectivity index (χ1v) is 10.3. The lowest BCUT2D eigenvalue weighted by Gasteiger charge is -2.11. The summed E-state index contributed by atoms with van der Waals surface area (Å²) in [5, 5.41) is 16.0. The third-order valence-electron chi connectivity index (χ3n) is 4.89. The monoisotopic (exact) mass is 479 g/mol. The second-order valence-corrected chi connectivity index (χ2v) is 7.41. The van der Waals surface area contributed by atoms with E-state index in [1.54, 1.807) is 12.5 Å². The normalized spacial score (nSPS) is 10.6. The number of nitrogens with zero attached hydrogens (tertiary/aromatic N) is 3. The van der Waals surface area contributed by atoms with E-state index in [1.807, 2.05) is 47.0 Å². The summed E-state index contributed by atoms with van der Waals surface area (Å²) >= 11 is 0. The summed E-state index contributed by atoms with van der Waals surface area (Å²) in [6.07, 6.45) is -1.63. The van der Waals surface area contributed by atoms with Gasteiger partial charge in [0.05, 0.1) is 30.7 Å². The molecule has 4 rings (SSSR count). The van der Waals surface area contributed by atoms with E-state index in [4.69, 9.17) is 19.9 Å². The highest BCUT2D eigenvalue weighted by Crippen LogP contribution is 2.28. The Labute approximate surface area is 199 Å². The molecule has 4 aromatic rings. The Bertz CT molecular complexity index is 1320. The number of carboxylic acid groups (broad SMARTS) is 1. The van der Waals surface area contributed by atoms with Crippen molar-refractivity contribution in [2.24, 2.45) is 0 Å². The highest BCUT2D eigenvalue weighted by molar-refractivity contribution is 5.73. The zero-order chi connectivity index (χ0) is 25.4. The number of imidazole rings is 1. The smallest absolute Gasteiger partial charge is 0.475 e. The summed E-state index contributed by atoms with van der Waals surface area (Å²) in [4.78, 5) is 13.1. The number of hydrogen-bond donors (Lipinski definition) is 1. The lowest BCUT2D eigenvalue weighted by atomic mass is 10.0. The zero-order valence-corrected chi connectivity index (χ0v) is 18.5. The third-order valence-corrected chi connectivity index (χ3v) is 4.89.